The van der Waals surface area contributed by atoms with Crippen LogP contribution in [-0.2, 0) is 9.53 Å². The highest BCUT2D eigenvalue weighted by Gasteiger charge is 2.19. The summed E-state index contributed by atoms with van der Waals surface area (Å²) < 4.78 is 4.96. The zero-order valence-electron chi connectivity index (χ0n) is 9.21. The number of hydrogen-bond acceptors (Lipinski definition) is 2. The van der Waals surface area contributed by atoms with Gasteiger partial charge in [0.05, 0.1) is 6.61 Å². The van der Waals surface area contributed by atoms with E-state index < -0.39 is 0 Å². The lowest BCUT2D eigenvalue weighted by molar-refractivity contribution is -0.142. The lowest BCUT2D eigenvalue weighted by Gasteiger charge is -2.12. The van der Waals surface area contributed by atoms with Gasteiger partial charge in [-0.3, -0.25) is 4.79 Å². The largest absolute Gasteiger partial charge is 0.465 e. The smallest absolute Gasteiger partial charge is 0.324 e. The van der Waals surface area contributed by atoms with Gasteiger partial charge in [-0.2, -0.15) is 0 Å². The van der Waals surface area contributed by atoms with Gasteiger partial charge in [0.2, 0.25) is 0 Å². The molecule has 82 valence electrons. The number of ether oxygens (including phenoxy) is 1. The van der Waals surface area contributed by atoms with Gasteiger partial charge in [0.15, 0.2) is 0 Å². The maximum Gasteiger partial charge on any atom is 0.324 e. The third-order valence-electron chi connectivity index (χ3n) is 2.19. The predicted molar refractivity (Wildman–Crippen MR) is 64.2 cm³/mol. The van der Waals surface area contributed by atoms with Crippen LogP contribution < -0.4 is 0 Å². The summed E-state index contributed by atoms with van der Waals surface area (Å²) in [5.41, 5.74) is 3.27. The molecule has 15 heavy (non-hydrogen) atoms. The number of alkyl halides is 1. The Hall–Kier alpha value is -0.830. The molecule has 0 fully saturated rings. The van der Waals surface area contributed by atoms with Gasteiger partial charge in [0.25, 0.3) is 0 Å². The molecule has 1 rings (SSSR count). The van der Waals surface area contributed by atoms with E-state index in [4.69, 9.17) is 4.74 Å². The van der Waals surface area contributed by atoms with Crippen LogP contribution in [0, 0.1) is 13.8 Å². The molecule has 0 heterocycles. The SMILES string of the molecule is CCOC(=O)C(Br)c1ccc(C)cc1C. The van der Waals surface area contributed by atoms with Gasteiger partial charge >= 0.3 is 5.97 Å². The highest BCUT2D eigenvalue weighted by Crippen LogP contribution is 2.27. The molecule has 0 N–H and O–H groups in total. The monoisotopic (exact) mass is 270 g/mol. The molecule has 0 bridgehead atoms. The fraction of sp³-hybridized carbons (Fsp3) is 0.417. The minimum atomic E-state index is -0.363. The van der Waals surface area contributed by atoms with Gasteiger partial charge < -0.3 is 4.74 Å². The van der Waals surface area contributed by atoms with Crippen molar-refractivity contribution in [3.05, 3.63) is 34.9 Å². The topological polar surface area (TPSA) is 26.3 Å². The Morgan fingerprint density at radius 3 is 2.67 bits per heavy atom. The molecule has 1 unspecified atom stereocenters. The van der Waals surface area contributed by atoms with Crippen molar-refractivity contribution in [1.82, 2.24) is 0 Å². The van der Waals surface area contributed by atoms with Crippen LogP contribution >= 0.6 is 15.9 Å². The summed E-state index contributed by atoms with van der Waals surface area (Å²) in [5.74, 6) is -0.232. The Labute approximate surface area is 98.8 Å². The lowest BCUT2D eigenvalue weighted by Crippen LogP contribution is -2.11. The molecule has 0 aliphatic rings. The van der Waals surface area contributed by atoms with Crippen LogP contribution in [0.5, 0.6) is 0 Å². The Kier molecular flexibility index (Phi) is 4.33. The van der Waals surface area contributed by atoms with Gasteiger partial charge in [-0.25, -0.2) is 0 Å². The second-order valence-corrected chi connectivity index (χ2v) is 4.39. The standard InChI is InChI=1S/C12H15BrO2/c1-4-15-12(14)11(13)10-6-5-8(2)7-9(10)3/h5-7,11H,4H2,1-3H3. The van der Waals surface area contributed by atoms with E-state index in [1.165, 1.54) is 5.56 Å². The van der Waals surface area contributed by atoms with Crippen LogP contribution in [0.3, 0.4) is 0 Å². The first-order valence-electron chi connectivity index (χ1n) is 4.94. The van der Waals surface area contributed by atoms with E-state index in [0.717, 1.165) is 11.1 Å². The van der Waals surface area contributed by atoms with Crippen molar-refractivity contribution in [2.24, 2.45) is 0 Å². The molecule has 1 aromatic rings. The van der Waals surface area contributed by atoms with Crippen molar-refractivity contribution in [2.75, 3.05) is 6.61 Å². The van der Waals surface area contributed by atoms with E-state index in [0.29, 0.717) is 6.61 Å². The molecule has 0 spiro atoms. The van der Waals surface area contributed by atoms with Gasteiger partial charge in [0, 0.05) is 0 Å². The Morgan fingerprint density at radius 2 is 2.13 bits per heavy atom. The fourth-order valence-corrected chi connectivity index (χ4v) is 2.10. The summed E-state index contributed by atoms with van der Waals surface area (Å²) in [6.45, 7) is 6.24. The summed E-state index contributed by atoms with van der Waals surface area (Å²) in [5, 5.41) is 0. The number of aryl methyl sites for hydroxylation is 2. The Balaban J connectivity index is 2.91. The number of rotatable bonds is 3. The first-order valence-corrected chi connectivity index (χ1v) is 5.85. The number of carbonyl (C=O) groups is 1. The van der Waals surface area contributed by atoms with E-state index in [2.05, 4.69) is 22.0 Å². The second kappa shape index (κ2) is 5.31. The summed E-state index contributed by atoms with van der Waals surface area (Å²) in [6.07, 6.45) is 0. The van der Waals surface area contributed by atoms with Crippen molar-refractivity contribution < 1.29 is 9.53 Å². The van der Waals surface area contributed by atoms with Gasteiger partial charge in [-0.1, -0.05) is 39.7 Å². The molecule has 0 saturated heterocycles. The maximum absolute atomic E-state index is 11.5. The zero-order valence-corrected chi connectivity index (χ0v) is 10.8. The molecule has 0 saturated carbocycles. The molecule has 3 heteroatoms. The number of halogens is 1. The first-order chi connectivity index (χ1) is 7.06. The molecule has 1 aromatic carbocycles. The van der Waals surface area contributed by atoms with E-state index in [9.17, 15) is 4.79 Å². The molecule has 2 nitrogen and oxygen atoms in total. The predicted octanol–water partition coefficient (Wildman–Crippen LogP) is 3.30. The summed E-state index contributed by atoms with van der Waals surface area (Å²) in [7, 11) is 0. The minimum absolute atomic E-state index is 0.232. The zero-order chi connectivity index (χ0) is 11.4. The highest BCUT2D eigenvalue weighted by atomic mass is 79.9. The number of benzene rings is 1. The maximum atomic E-state index is 11.5. The third-order valence-corrected chi connectivity index (χ3v) is 3.06. The Morgan fingerprint density at radius 1 is 1.47 bits per heavy atom. The number of esters is 1. The Bertz CT molecular complexity index is 361. The van der Waals surface area contributed by atoms with E-state index in [-0.39, 0.29) is 10.8 Å². The van der Waals surface area contributed by atoms with Crippen LogP contribution in [-0.4, -0.2) is 12.6 Å². The van der Waals surface area contributed by atoms with E-state index >= 15 is 0 Å². The van der Waals surface area contributed by atoms with Crippen LogP contribution in [0.25, 0.3) is 0 Å². The molecule has 0 amide bonds. The van der Waals surface area contributed by atoms with Crippen molar-refractivity contribution in [1.29, 1.82) is 0 Å². The molecular weight excluding hydrogens is 256 g/mol. The van der Waals surface area contributed by atoms with Gasteiger partial charge in [-0.15, -0.1) is 0 Å². The molecule has 0 aromatic heterocycles. The average Bonchev–Trinajstić information content (AvgIpc) is 2.17. The molecule has 0 aliphatic carbocycles. The average molecular weight is 271 g/mol. The van der Waals surface area contributed by atoms with E-state index in [1.54, 1.807) is 6.92 Å². The van der Waals surface area contributed by atoms with Crippen molar-refractivity contribution in [3.63, 3.8) is 0 Å². The fourth-order valence-electron chi connectivity index (χ4n) is 1.45. The molecular formula is C12H15BrO2. The van der Waals surface area contributed by atoms with Gasteiger partial charge in [0.1, 0.15) is 4.83 Å². The van der Waals surface area contributed by atoms with Crippen molar-refractivity contribution >= 4 is 21.9 Å². The lowest BCUT2D eigenvalue weighted by atomic mass is 10.0. The molecule has 1 atom stereocenters. The van der Waals surface area contributed by atoms with E-state index in [1.807, 2.05) is 26.0 Å². The normalized spacial score (nSPS) is 12.3. The summed E-state index contributed by atoms with van der Waals surface area (Å²) >= 11 is 3.35. The molecule has 0 aliphatic heterocycles. The quantitative estimate of drug-likeness (QED) is 0.622. The minimum Gasteiger partial charge on any atom is -0.465 e. The summed E-state index contributed by atoms with van der Waals surface area (Å²) in [4.78, 5) is 11.1. The molecule has 0 radical (unpaired) electrons. The number of hydrogen-bond donors (Lipinski definition) is 0. The third kappa shape index (κ3) is 3.06. The van der Waals surface area contributed by atoms with Crippen molar-refractivity contribution in [3.8, 4) is 0 Å². The van der Waals surface area contributed by atoms with Crippen LogP contribution in [0.15, 0.2) is 18.2 Å². The van der Waals surface area contributed by atoms with Crippen LogP contribution in [0.4, 0.5) is 0 Å². The second-order valence-electron chi connectivity index (χ2n) is 3.47. The van der Waals surface area contributed by atoms with Crippen molar-refractivity contribution in [2.45, 2.75) is 25.6 Å². The van der Waals surface area contributed by atoms with Crippen LogP contribution in [0.1, 0.15) is 28.4 Å². The first kappa shape index (κ1) is 12.2. The summed E-state index contributed by atoms with van der Waals surface area (Å²) in [6, 6.07) is 6.01. The number of carbonyl (C=O) groups excluding carboxylic acids is 1. The van der Waals surface area contributed by atoms with Crippen LogP contribution in [0.2, 0.25) is 0 Å². The van der Waals surface area contributed by atoms with Gasteiger partial charge in [-0.05, 0) is 31.9 Å². The highest BCUT2D eigenvalue weighted by molar-refractivity contribution is 9.09.